The Bertz CT molecular complexity index is 857. The standard InChI is InChI=1S/C17H13F2N3O/c1-22-9-16(20-10-22)17(23)21-15-7-6-13(19)8-14(15)11-2-4-12(18)5-3-11/h2-10H,1H3,(H,21,23). The van der Waals surface area contributed by atoms with Crippen LogP contribution in [0.1, 0.15) is 10.5 Å². The Morgan fingerprint density at radius 2 is 1.78 bits per heavy atom. The van der Waals surface area contributed by atoms with Gasteiger partial charge in [-0.15, -0.1) is 0 Å². The fourth-order valence-corrected chi connectivity index (χ4v) is 2.21. The van der Waals surface area contributed by atoms with Crippen LogP contribution < -0.4 is 5.32 Å². The minimum absolute atomic E-state index is 0.252. The zero-order valence-electron chi connectivity index (χ0n) is 12.3. The number of rotatable bonds is 3. The average molecular weight is 313 g/mol. The van der Waals surface area contributed by atoms with Crippen molar-refractivity contribution < 1.29 is 13.6 Å². The van der Waals surface area contributed by atoms with Crippen LogP contribution in [-0.4, -0.2) is 15.5 Å². The smallest absolute Gasteiger partial charge is 0.275 e. The molecule has 0 saturated heterocycles. The quantitative estimate of drug-likeness (QED) is 0.803. The molecule has 0 bridgehead atoms. The van der Waals surface area contributed by atoms with Gasteiger partial charge < -0.3 is 9.88 Å². The van der Waals surface area contributed by atoms with Gasteiger partial charge in [0.1, 0.15) is 17.3 Å². The third kappa shape index (κ3) is 3.26. The molecule has 0 unspecified atom stereocenters. The predicted molar refractivity (Wildman–Crippen MR) is 83.0 cm³/mol. The van der Waals surface area contributed by atoms with Gasteiger partial charge in [-0.1, -0.05) is 12.1 Å². The number of hydrogen-bond donors (Lipinski definition) is 1. The van der Waals surface area contributed by atoms with E-state index < -0.39 is 11.7 Å². The summed E-state index contributed by atoms with van der Waals surface area (Å²) < 4.78 is 28.3. The number of amides is 1. The number of imidazole rings is 1. The lowest BCUT2D eigenvalue weighted by atomic mass is 10.0. The Morgan fingerprint density at radius 1 is 1.09 bits per heavy atom. The van der Waals surface area contributed by atoms with Crippen molar-refractivity contribution in [1.82, 2.24) is 9.55 Å². The number of halogens is 2. The molecular weight excluding hydrogens is 300 g/mol. The molecule has 3 aromatic rings. The highest BCUT2D eigenvalue weighted by Crippen LogP contribution is 2.29. The molecule has 0 atom stereocenters. The third-order valence-corrected chi connectivity index (χ3v) is 3.32. The van der Waals surface area contributed by atoms with Crippen LogP contribution in [0.4, 0.5) is 14.5 Å². The molecule has 23 heavy (non-hydrogen) atoms. The van der Waals surface area contributed by atoms with Crippen LogP contribution in [0.15, 0.2) is 55.0 Å². The molecule has 116 valence electrons. The molecular formula is C17H13F2N3O. The molecule has 2 aromatic carbocycles. The number of carbonyl (C=O) groups excluding carboxylic acids is 1. The minimum Gasteiger partial charge on any atom is -0.340 e. The molecule has 1 aromatic heterocycles. The van der Waals surface area contributed by atoms with Gasteiger partial charge in [-0.2, -0.15) is 0 Å². The maximum absolute atomic E-state index is 13.6. The van der Waals surface area contributed by atoms with Crippen molar-refractivity contribution in [2.24, 2.45) is 7.05 Å². The summed E-state index contributed by atoms with van der Waals surface area (Å²) in [5.41, 5.74) is 1.74. The molecule has 3 rings (SSSR count). The van der Waals surface area contributed by atoms with Gasteiger partial charge in [0.25, 0.3) is 5.91 Å². The monoisotopic (exact) mass is 313 g/mol. The minimum atomic E-state index is -0.444. The molecule has 0 radical (unpaired) electrons. The van der Waals surface area contributed by atoms with Crippen molar-refractivity contribution in [3.8, 4) is 11.1 Å². The topological polar surface area (TPSA) is 46.9 Å². The van der Waals surface area contributed by atoms with Crippen molar-refractivity contribution in [2.45, 2.75) is 0 Å². The van der Waals surface area contributed by atoms with Gasteiger partial charge in [-0.3, -0.25) is 4.79 Å². The second-order valence-corrected chi connectivity index (χ2v) is 5.08. The fraction of sp³-hybridized carbons (Fsp3) is 0.0588. The molecule has 0 saturated carbocycles. The number of aromatic nitrogens is 2. The number of aryl methyl sites for hydroxylation is 1. The lowest BCUT2D eigenvalue weighted by Crippen LogP contribution is -2.13. The second kappa shape index (κ2) is 6.00. The first kappa shape index (κ1) is 14.9. The lowest BCUT2D eigenvalue weighted by Gasteiger charge is -2.11. The van der Waals surface area contributed by atoms with E-state index in [0.717, 1.165) is 0 Å². The molecule has 6 heteroatoms. The van der Waals surface area contributed by atoms with E-state index in [1.54, 1.807) is 17.8 Å². The number of anilines is 1. The molecule has 4 nitrogen and oxygen atoms in total. The van der Waals surface area contributed by atoms with Gasteiger partial charge in [-0.25, -0.2) is 13.8 Å². The van der Waals surface area contributed by atoms with Gasteiger partial charge in [0, 0.05) is 24.5 Å². The van der Waals surface area contributed by atoms with Crippen molar-refractivity contribution >= 4 is 11.6 Å². The summed E-state index contributed by atoms with van der Waals surface area (Å²) in [6.07, 6.45) is 3.09. The first-order valence-corrected chi connectivity index (χ1v) is 6.88. The van der Waals surface area contributed by atoms with Crippen LogP contribution in [0.2, 0.25) is 0 Å². The van der Waals surface area contributed by atoms with E-state index in [2.05, 4.69) is 10.3 Å². The highest BCUT2D eigenvalue weighted by molar-refractivity contribution is 6.05. The van der Waals surface area contributed by atoms with Crippen LogP contribution >= 0.6 is 0 Å². The predicted octanol–water partition coefficient (Wildman–Crippen LogP) is 3.62. The highest BCUT2D eigenvalue weighted by atomic mass is 19.1. The summed E-state index contributed by atoms with van der Waals surface area (Å²) >= 11 is 0. The van der Waals surface area contributed by atoms with E-state index in [9.17, 15) is 13.6 Å². The maximum atomic E-state index is 13.6. The van der Waals surface area contributed by atoms with Gasteiger partial charge in [0.2, 0.25) is 0 Å². The van der Waals surface area contributed by atoms with Crippen LogP contribution in [0.5, 0.6) is 0 Å². The second-order valence-electron chi connectivity index (χ2n) is 5.08. The van der Waals surface area contributed by atoms with Crippen molar-refractivity contribution in [3.63, 3.8) is 0 Å². The Kier molecular flexibility index (Phi) is 3.89. The summed E-state index contributed by atoms with van der Waals surface area (Å²) in [5, 5.41) is 2.71. The average Bonchev–Trinajstić information content (AvgIpc) is 2.96. The fourth-order valence-electron chi connectivity index (χ4n) is 2.21. The van der Waals surface area contributed by atoms with Crippen molar-refractivity contribution in [3.05, 3.63) is 72.3 Å². The Labute approximate surface area is 131 Å². The van der Waals surface area contributed by atoms with E-state index in [4.69, 9.17) is 0 Å². The molecule has 0 aliphatic carbocycles. The van der Waals surface area contributed by atoms with E-state index in [1.807, 2.05) is 0 Å². The number of benzene rings is 2. The summed E-state index contributed by atoms with van der Waals surface area (Å²) in [4.78, 5) is 16.2. The van der Waals surface area contributed by atoms with Crippen LogP contribution in [-0.2, 0) is 7.05 Å². The Morgan fingerprint density at radius 3 is 2.43 bits per heavy atom. The summed E-state index contributed by atoms with van der Waals surface area (Å²) in [5.74, 6) is -1.23. The molecule has 1 N–H and O–H groups in total. The van der Waals surface area contributed by atoms with Gasteiger partial charge in [0.05, 0.1) is 6.33 Å². The number of nitrogens with one attached hydrogen (secondary N) is 1. The molecule has 1 amide bonds. The first-order chi connectivity index (χ1) is 11.0. The van der Waals surface area contributed by atoms with Gasteiger partial charge in [-0.05, 0) is 35.9 Å². The largest absolute Gasteiger partial charge is 0.340 e. The molecule has 0 fully saturated rings. The van der Waals surface area contributed by atoms with Crippen LogP contribution in [0, 0.1) is 11.6 Å². The molecule has 0 aliphatic rings. The normalized spacial score (nSPS) is 10.6. The summed E-state index contributed by atoms with van der Waals surface area (Å²) in [6.45, 7) is 0. The Hall–Kier alpha value is -3.02. The summed E-state index contributed by atoms with van der Waals surface area (Å²) in [6, 6.07) is 9.63. The van der Waals surface area contributed by atoms with Crippen molar-refractivity contribution in [2.75, 3.05) is 5.32 Å². The Balaban J connectivity index is 1.96. The van der Waals surface area contributed by atoms with Crippen LogP contribution in [0.3, 0.4) is 0 Å². The SMILES string of the molecule is Cn1cnc(C(=O)Nc2ccc(F)cc2-c2ccc(F)cc2)c1. The lowest BCUT2D eigenvalue weighted by molar-refractivity contribution is 0.102. The molecule has 0 aliphatic heterocycles. The molecule has 1 heterocycles. The number of nitrogens with zero attached hydrogens (tertiary/aromatic N) is 2. The van der Waals surface area contributed by atoms with E-state index in [-0.39, 0.29) is 11.5 Å². The number of hydrogen-bond acceptors (Lipinski definition) is 2. The first-order valence-electron chi connectivity index (χ1n) is 6.88. The zero-order chi connectivity index (χ0) is 16.4. The van der Waals surface area contributed by atoms with Gasteiger partial charge >= 0.3 is 0 Å². The van der Waals surface area contributed by atoms with Crippen LogP contribution in [0.25, 0.3) is 11.1 Å². The molecule has 0 spiro atoms. The van der Waals surface area contributed by atoms with E-state index >= 15 is 0 Å². The van der Waals surface area contributed by atoms with E-state index in [0.29, 0.717) is 16.8 Å². The third-order valence-electron chi connectivity index (χ3n) is 3.32. The zero-order valence-corrected chi connectivity index (χ0v) is 12.3. The number of carbonyl (C=O) groups is 1. The maximum Gasteiger partial charge on any atom is 0.275 e. The highest BCUT2D eigenvalue weighted by Gasteiger charge is 2.13. The summed E-state index contributed by atoms with van der Waals surface area (Å²) in [7, 11) is 1.76. The van der Waals surface area contributed by atoms with E-state index in [1.165, 1.54) is 48.8 Å². The van der Waals surface area contributed by atoms with Crippen molar-refractivity contribution in [1.29, 1.82) is 0 Å². The van der Waals surface area contributed by atoms with Gasteiger partial charge in [0.15, 0.2) is 0 Å².